The zero-order chi connectivity index (χ0) is 14.3. The molecule has 19 heavy (non-hydrogen) atoms. The Morgan fingerprint density at radius 1 is 1.42 bits per heavy atom. The fourth-order valence-corrected chi connectivity index (χ4v) is 2.02. The quantitative estimate of drug-likeness (QED) is 0.634. The van der Waals surface area contributed by atoms with Crippen molar-refractivity contribution in [1.29, 1.82) is 0 Å². The Labute approximate surface area is 111 Å². The molecule has 0 aromatic carbocycles. The van der Waals surface area contributed by atoms with E-state index in [-0.39, 0.29) is 19.3 Å². The van der Waals surface area contributed by atoms with Gasteiger partial charge in [-0.1, -0.05) is 18.9 Å². The second-order valence-electron chi connectivity index (χ2n) is 4.70. The molecule has 3 nitrogen and oxygen atoms in total. The smallest absolute Gasteiger partial charge is 0.372 e. The Hall–Kier alpha value is -1.04. The summed E-state index contributed by atoms with van der Waals surface area (Å²) in [4.78, 5) is 10.6. The summed E-state index contributed by atoms with van der Waals surface area (Å²) in [6, 6.07) is 0. The second kappa shape index (κ2) is 7.53. The molecule has 110 valence electrons. The fraction of sp³-hybridized carbons (Fsp3) is 0.769. The van der Waals surface area contributed by atoms with Crippen LogP contribution in [0.25, 0.3) is 0 Å². The van der Waals surface area contributed by atoms with Crippen molar-refractivity contribution in [2.24, 2.45) is 0 Å². The van der Waals surface area contributed by atoms with E-state index in [9.17, 15) is 18.0 Å². The molecule has 0 aromatic rings. The van der Waals surface area contributed by atoms with Gasteiger partial charge in [-0.15, -0.1) is 0 Å². The summed E-state index contributed by atoms with van der Waals surface area (Å²) in [5.74, 6) is -1.92. The van der Waals surface area contributed by atoms with Gasteiger partial charge in [0.2, 0.25) is 0 Å². The van der Waals surface area contributed by atoms with E-state index >= 15 is 0 Å². The lowest BCUT2D eigenvalue weighted by molar-refractivity contribution is -0.173. The van der Waals surface area contributed by atoms with Crippen molar-refractivity contribution >= 4 is 5.91 Å². The minimum atomic E-state index is -4.82. The Morgan fingerprint density at radius 3 is 2.84 bits per heavy atom. The maximum Gasteiger partial charge on any atom is 0.471 e. The molecule has 1 amide bonds. The highest BCUT2D eigenvalue weighted by atomic mass is 19.4. The van der Waals surface area contributed by atoms with Gasteiger partial charge >= 0.3 is 12.1 Å². The first-order valence-corrected chi connectivity index (χ1v) is 6.54. The maximum atomic E-state index is 11.9. The zero-order valence-corrected chi connectivity index (χ0v) is 11.1. The number of ether oxygens (including phenoxy) is 1. The lowest BCUT2D eigenvalue weighted by Gasteiger charge is -2.21. The summed E-state index contributed by atoms with van der Waals surface area (Å²) in [5.41, 5.74) is 1.13. The molecule has 0 fully saturated rings. The van der Waals surface area contributed by atoms with Gasteiger partial charge in [-0.05, 0) is 31.8 Å². The van der Waals surface area contributed by atoms with Crippen LogP contribution in [0.5, 0.6) is 0 Å². The van der Waals surface area contributed by atoms with E-state index in [1.165, 1.54) is 6.42 Å². The van der Waals surface area contributed by atoms with Crippen LogP contribution in [0, 0.1) is 0 Å². The van der Waals surface area contributed by atoms with Crippen molar-refractivity contribution < 1.29 is 22.7 Å². The van der Waals surface area contributed by atoms with Gasteiger partial charge < -0.3 is 10.1 Å². The number of carbonyl (C=O) groups excluding carboxylic acids is 1. The average molecular weight is 279 g/mol. The van der Waals surface area contributed by atoms with Gasteiger partial charge in [-0.25, -0.2) is 0 Å². The van der Waals surface area contributed by atoms with Crippen molar-refractivity contribution in [2.75, 3.05) is 13.2 Å². The Morgan fingerprint density at radius 2 is 2.16 bits per heavy atom. The molecular formula is C13H20F3NO2. The van der Waals surface area contributed by atoms with Gasteiger partial charge in [0.25, 0.3) is 0 Å². The predicted molar refractivity (Wildman–Crippen MR) is 65.6 cm³/mol. The molecule has 6 heteroatoms. The highest BCUT2D eigenvalue weighted by Crippen LogP contribution is 2.20. The van der Waals surface area contributed by atoms with E-state index in [1.54, 1.807) is 5.32 Å². The molecule has 0 radical (unpaired) electrons. The van der Waals surface area contributed by atoms with E-state index in [4.69, 9.17) is 4.74 Å². The fourth-order valence-electron chi connectivity index (χ4n) is 2.02. The topological polar surface area (TPSA) is 38.3 Å². The molecule has 1 rings (SSSR count). The number of nitrogens with one attached hydrogen (secondary N) is 1. The largest absolute Gasteiger partial charge is 0.471 e. The van der Waals surface area contributed by atoms with Crippen molar-refractivity contribution in [3.8, 4) is 0 Å². The molecule has 0 bridgehead atoms. The highest BCUT2D eigenvalue weighted by molar-refractivity contribution is 5.81. The van der Waals surface area contributed by atoms with Crippen LogP contribution in [0.3, 0.4) is 0 Å². The highest BCUT2D eigenvalue weighted by Gasteiger charge is 2.38. The van der Waals surface area contributed by atoms with Crippen LogP contribution in [0.15, 0.2) is 11.6 Å². The Bertz CT molecular complexity index is 326. The molecule has 0 aromatic heterocycles. The number of alkyl halides is 3. The molecule has 1 aliphatic carbocycles. The number of rotatable bonds is 4. The minimum absolute atomic E-state index is 0.0388. The maximum absolute atomic E-state index is 11.9. The number of carbonyl (C=O) groups is 1. The third-order valence-corrected chi connectivity index (χ3v) is 3.11. The summed E-state index contributed by atoms with van der Waals surface area (Å²) in [6.45, 7) is 1.95. The monoisotopic (exact) mass is 279 g/mol. The Kier molecular flexibility index (Phi) is 6.34. The van der Waals surface area contributed by atoms with Crippen LogP contribution in [0.1, 0.15) is 39.0 Å². The lowest BCUT2D eigenvalue weighted by atomic mass is 9.98. The van der Waals surface area contributed by atoms with Gasteiger partial charge in [-0.2, -0.15) is 13.2 Å². The normalized spacial score (nSPS) is 21.3. The van der Waals surface area contributed by atoms with Gasteiger partial charge in [0, 0.05) is 6.54 Å². The van der Waals surface area contributed by atoms with E-state index in [0.717, 1.165) is 31.3 Å². The predicted octanol–water partition coefficient (Wildman–Crippen LogP) is 2.96. The van der Waals surface area contributed by atoms with E-state index in [0.29, 0.717) is 0 Å². The molecule has 0 spiro atoms. The number of amides is 1. The molecule has 1 atom stereocenters. The van der Waals surface area contributed by atoms with Crippen LogP contribution < -0.4 is 5.32 Å². The third kappa shape index (κ3) is 6.09. The summed E-state index contributed by atoms with van der Waals surface area (Å²) in [6.07, 6.45) is 2.55. The number of hydrogen-bond acceptors (Lipinski definition) is 2. The summed E-state index contributed by atoms with van der Waals surface area (Å²) in [7, 11) is 0. The third-order valence-electron chi connectivity index (χ3n) is 3.11. The summed E-state index contributed by atoms with van der Waals surface area (Å²) in [5, 5.41) is 1.80. The molecular weight excluding hydrogens is 259 g/mol. The molecule has 0 saturated heterocycles. The van der Waals surface area contributed by atoms with Crippen LogP contribution >= 0.6 is 0 Å². The first-order valence-electron chi connectivity index (χ1n) is 6.54. The van der Waals surface area contributed by atoms with Crippen LogP contribution in [-0.2, 0) is 9.53 Å². The van der Waals surface area contributed by atoms with Crippen LogP contribution in [0.2, 0.25) is 0 Å². The van der Waals surface area contributed by atoms with Crippen molar-refractivity contribution in [1.82, 2.24) is 5.32 Å². The number of hydrogen-bond donors (Lipinski definition) is 1. The zero-order valence-electron chi connectivity index (χ0n) is 11.1. The number of halogens is 3. The first-order chi connectivity index (χ1) is 8.91. The standard InChI is InChI=1S/C13H20F3NO2/c1-10-6-4-2-3-5-7-11(10)19-9-8-17-12(18)13(14,15)16/h6,11H,2-5,7-9H2,1H3,(H,17,18). The number of allylic oxidation sites excluding steroid dienone is 1. The van der Waals surface area contributed by atoms with Gasteiger partial charge in [0.05, 0.1) is 12.7 Å². The molecule has 1 N–H and O–H groups in total. The first kappa shape index (κ1) is 16.0. The molecule has 0 heterocycles. The van der Waals surface area contributed by atoms with E-state index in [1.807, 2.05) is 6.92 Å². The van der Waals surface area contributed by atoms with Crippen molar-refractivity contribution in [3.63, 3.8) is 0 Å². The minimum Gasteiger partial charge on any atom is -0.372 e. The van der Waals surface area contributed by atoms with Crippen molar-refractivity contribution in [2.45, 2.75) is 51.3 Å². The van der Waals surface area contributed by atoms with E-state index < -0.39 is 12.1 Å². The Balaban J connectivity index is 2.27. The summed E-state index contributed by atoms with van der Waals surface area (Å²) >= 11 is 0. The van der Waals surface area contributed by atoms with Gasteiger partial charge in [0.15, 0.2) is 0 Å². The van der Waals surface area contributed by atoms with Crippen molar-refractivity contribution in [3.05, 3.63) is 11.6 Å². The molecule has 1 aliphatic rings. The average Bonchev–Trinajstić information content (AvgIpc) is 2.31. The SMILES string of the molecule is CC1=CCCCCCC1OCCNC(=O)C(F)(F)F. The molecule has 1 unspecified atom stereocenters. The lowest BCUT2D eigenvalue weighted by Crippen LogP contribution is -2.38. The van der Waals surface area contributed by atoms with E-state index in [2.05, 4.69) is 6.08 Å². The molecule has 0 aliphatic heterocycles. The van der Waals surface area contributed by atoms with Gasteiger partial charge in [0.1, 0.15) is 0 Å². The van der Waals surface area contributed by atoms with Crippen LogP contribution in [-0.4, -0.2) is 31.3 Å². The summed E-state index contributed by atoms with van der Waals surface area (Å²) < 4.78 is 41.3. The van der Waals surface area contributed by atoms with Gasteiger partial charge in [-0.3, -0.25) is 4.79 Å². The van der Waals surface area contributed by atoms with Crippen LogP contribution in [0.4, 0.5) is 13.2 Å². The second-order valence-corrected chi connectivity index (χ2v) is 4.70. The molecule has 0 saturated carbocycles.